The van der Waals surface area contributed by atoms with E-state index in [1.807, 2.05) is 6.07 Å². The average molecular weight is 196 g/mol. The summed E-state index contributed by atoms with van der Waals surface area (Å²) >= 11 is 5.92. The first-order valence-electron chi connectivity index (χ1n) is 4.70. The van der Waals surface area contributed by atoms with Crippen LogP contribution in [-0.4, -0.2) is 0 Å². The van der Waals surface area contributed by atoms with Crippen molar-refractivity contribution in [1.82, 2.24) is 5.32 Å². The van der Waals surface area contributed by atoms with Crippen LogP contribution in [-0.2, 0) is 6.54 Å². The molecule has 1 aromatic rings. The molecule has 0 aromatic heterocycles. The van der Waals surface area contributed by atoms with Gasteiger partial charge in [0.05, 0.1) is 0 Å². The Balaban J connectivity index is 2.38. The molecule has 1 aliphatic heterocycles. The largest absolute Gasteiger partial charge is 0.306 e. The van der Waals surface area contributed by atoms with Crippen LogP contribution >= 0.6 is 11.6 Å². The first-order chi connectivity index (χ1) is 6.18. The molecule has 0 radical (unpaired) electrons. The summed E-state index contributed by atoms with van der Waals surface area (Å²) in [7, 11) is 0. The minimum Gasteiger partial charge on any atom is -0.306 e. The van der Waals surface area contributed by atoms with Crippen molar-refractivity contribution in [1.29, 1.82) is 0 Å². The Morgan fingerprint density at radius 2 is 2.23 bits per heavy atom. The summed E-state index contributed by atoms with van der Waals surface area (Å²) in [6.07, 6.45) is 0. The normalized spacial score (nSPS) is 20.8. The minimum absolute atomic E-state index is 0.507. The van der Waals surface area contributed by atoms with E-state index in [9.17, 15) is 0 Å². The first kappa shape index (κ1) is 9.04. The van der Waals surface area contributed by atoms with Gasteiger partial charge in [-0.15, -0.1) is 0 Å². The Morgan fingerprint density at radius 1 is 1.46 bits per heavy atom. The number of halogens is 1. The van der Waals surface area contributed by atoms with Crippen LogP contribution in [0.25, 0.3) is 0 Å². The Morgan fingerprint density at radius 3 is 2.92 bits per heavy atom. The van der Waals surface area contributed by atoms with Gasteiger partial charge in [-0.05, 0) is 29.2 Å². The molecule has 1 N–H and O–H groups in total. The molecule has 0 fully saturated rings. The van der Waals surface area contributed by atoms with Gasteiger partial charge in [0.1, 0.15) is 0 Å². The highest BCUT2D eigenvalue weighted by Crippen LogP contribution is 2.32. The molecular formula is C11H14ClN. The number of fused-ring (bicyclic) bond motifs is 1. The molecule has 2 heteroatoms. The van der Waals surface area contributed by atoms with Gasteiger partial charge in [0.2, 0.25) is 0 Å². The van der Waals surface area contributed by atoms with Crippen molar-refractivity contribution < 1.29 is 0 Å². The first-order valence-corrected chi connectivity index (χ1v) is 5.08. The van der Waals surface area contributed by atoms with Crippen LogP contribution in [0.15, 0.2) is 18.2 Å². The maximum absolute atomic E-state index is 5.92. The van der Waals surface area contributed by atoms with Gasteiger partial charge in [-0.25, -0.2) is 0 Å². The van der Waals surface area contributed by atoms with Crippen molar-refractivity contribution in [3.63, 3.8) is 0 Å². The molecule has 0 saturated heterocycles. The molecule has 0 amide bonds. The molecule has 0 saturated carbocycles. The van der Waals surface area contributed by atoms with E-state index in [0.29, 0.717) is 12.0 Å². The lowest BCUT2D eigenvalue weighted by molar-refractivity contribution is 0.441. The zero-order chi connectivity index (χ0) is 9.42. The molecule has 13 heavy (non-hydrogen) atoms. The molecule has 1 aliphatic rings. The number of nitrogens with one attached hydrogen (secondary N) is 1. The predicted octanol–water partition coefficient (Wildman–Crippen LogP) is 3.14. The second-order valence-corrected chi connectivity index (χ2v) is 4.38. The van der Waals surface area contributed by atoms with E-state index in [4.69, 9.17) is 11.6 Å². The fraction of sp³-hybridized carbons (Fsp3) is 0.455. The van der Waals surface area contributed by atoms with Crippen molar-refractivity contribution in [3.05, 3.63) is 34.3 Å². The van der Waals surface area contributed by atoms with Gasteiger partial charge in [0.15, 0.2) is 0 Å². The molecule has 0 spiro atoms. The van der Waals surface area contributed by atoms with E-state index in [-0.39, 0.29) is 0 Å². The molecule has 1 unspecified atom stereocenters. The van der Waals surface area contributed by atoms with Crippen molar-refractivity contribution in [3.8, 4) is 0 Å². The van der Waals surface area contributed by atoms with Crippen molar-refractivity contribution in [2.45, 2.75) is 26.4 Å². The maximum atomic E-state index is 5.92. The van der Waals surface area contributed by atoms with Gasteiger partial charge < -0.3 is 5.32 Å². The molecule has 1 atom stereocenters. The van der Waals surface area contributed by atoms with E-state index in [0.717, 1.165) is 11.6 Å². The predicted molar refractivity (Wildman–Crippen MR) is 55.9 cm³/mol. The van der Waals surface area contributed by atoms with E-state index < -0.39 is 0 Å². The van der Waals surface area contributed by atoms with Gasteiger partial charge in [-0.3, -0.25) is 0 Å². The Bertz CT molecular complexity index is 320. The van der Waals surface area contributed by atoms with E-state index in [2.05, 4.69) is 31.3 Å². The average Bonchev–Trinajstić information content (AvgIpc) is 2.46. The Labute approximate surface area is 84.1 Å². The molecule has 1 nitrogen and oxygen atoms in total. The lowest BCUT2D eigenvalue weighted by Gasteiger charge is -2.15. The van der Waals surface area contributed by atoms with Crippen molar-refractivity contribution in [2.24, 2.45) is 5.92 Å². The monoisotopic (exact) mass is 195 g/mol. The van der Waals surface area contributed by atoms with Gasteiger partial charge >= 0.3 is 0 Å². The third kappa shape index (κ3) is 1.59. The Hall–Kier alpha value is -0.530. The van der Waals surface area contributed by atoms with Crippen LogP contribution in [0.5, 0.6) is 0 Å². The fourth-order valence-electron chi connectivity index (χ4n) is 1.96. The van der Waals surface area contributed by atoms with Crippen molar-refractivity contribution >= 4 is 11.6 Å². The summed E-state index contributed by atoms with van der Waals surface area (Å²) in [6.45, 7) is 5.43. The molecule has 2 rings (SSSR count). The highest BCUT2D eigenvalue weighted by molar-refractivity contribution is 6.30. The SMILES string of the molecule is CC(C)C1NCc2cc(Cl)ccc21. The summed E-state index contributed by atoms with van der Waals surface area (Å²) in [6, 6.07) is 6.68. The molecular weight excluding hydrogens is 182 g/mol. The number of hydrogen-bond acceptors (Lipinski definition) is 1. The fourth-order valence-corrected chi connectivity index (χ4v) is 2.15. The topological polar surface area (TPSA) is 12.0 Å². The van der Waals surface area contributed by atoms with Crippen LogP contribution in [0.1, 0.15) is 31.0 Å². The highest BCUT2D eigenvalue weighted by Gasteiger charge is 2.23. The van der Waals surface area contributed by atoms with Crippen LogP contribution in [0.3, 0.4) is 0 Å². The van der Waals surface area contributed by atoms with E-state index in [1.165, 1.54) is 11.1 Å². The van der Waals surface area contributed by atoms with Crippen molar-refractivity contribution in [2.75, 3.05) is 0 Å². The maximum Gasteiger partial charge on any atom is 0.0409 e. The van der Waals surface area contributed by atoms with Gasteiger partial charge in [-0.1, -0.05) is 31.5 Å². The smallest absolute Gasteiger partial charge is 0.0409 e. The van der Waals surface area contributed by atoms with Gasteiger partial charge in [0.25, 0.3) is 0 Å². The van der Waals surface area contributed by atoms with E-state index >= 15 is 0 Å². The van der Waals surface area contributed by atoms with Crippen LogP contribution in [0, 0.1) is 5.92 Å². The zero-order valence-electron chi connectivity index (χ0n) is 7.97. The summed E-state index contributed by atoms with van der Waals surface area (Å²) in [5, 5.41) is 4.33. The van der Waals surface area contributed by atoms with Crippen LogP contribution in [0.2, 0.25) is 5.02 Å². The minimum atomic E-state index is 0.507. The van der Waals surface area contributed by atoms with Crippen LogP contribution < -0.4 is 5.32 Å². The molecule has 0 aliphatic carbocycles. The lowest BCUT2D eigenvalue weighted by atomic mass is 9.96. The molecule has 1 aromatic carbocycles. The highest BCUT2D eigenvalue weighted by atomic mass is 35.5. The quantitative estimate of drug-likeness (QED) is 0.726. The van der Waals surface area contributed by atoms with Gasteiger partial charge in [-0.2, -0.15) is 0 Å². The number of hydrogen-bond donors (Lipinski definition) is 1. The van der Waals surface area contributed by atoms with Gasteiger partial charge in [0, 0.05) is 17.6 Å². The third-order valence-corrected chi connectivity index (χ3v) is 2.85. The van der Waals surface area contributed by atoms with E-state index in [1.54, 1.807) is 0 Å². The second-order valence-electron chi connectivity index (χ2n) is 3.95. The summed E-state index contributed by atoms with van der Waals surface area (Å²) in [4.78, 5) is 0. The van der Waals surface area contributed by atoms with Crippen LogP contribution in [0.4, 0.5) is 0 Å². The molecule has 1 heterocycles. The number of rotatable bonds is 1. The second kappa shape index (κ2) is 3.32. The lowest BCUT2D eigenvalue weighted by Crippen LogP contribution is -2.17. The summed E-state index contributed by atoms with van der Waals surface area (Å²) < 4.78 is 0. The number of benzene rings is 1. The summed E-state index contributed by atoms with van der Waals surface area (Å²) in [5.41, 5.74) is 2.77. The molecule has 70 valence electrons. The third-order valence-electron chi connectivity index (χ3n) is 2.62. The summed E-state index contributed by atoms with van der Waals surface area (Å²) in [5.74, 6) is 0.641. The molecule has 0 bridgehead atoms. The zero-order valence-corrected chi connectivity index (χ0v) is 8.73. The Kier molecular flexibility index (Phi) is 2.31. The standard InChI is InChI=1S/C11H14ClN/c1-7(2)11-10-4-3-9(12)5-8(10)6-13-11/h3-5,7,11,13H,6H2,1-2H3.